The Labute approximate surface area is 114 Å². The molecule has 0 atom stereocenters. The van der Waals surface area contributed by atoms with Crippen LogP contribution in [-0.4, -0.2) is 15.3 Å². The van der Waals surface area contributed by atoms with Crippen LogP contribution in [0.25, 0.3) is 0 Å². The van der Waals surface area contributed by atoms with Crippen molar-refractivity contribution in [1.82, 2.24) is 15.1 Å². The number of hydrogen-bond acceptors (Lipinski definition) is 3. The first-order chi connectivity index (χ1) is 8.85. The van der Waals surface area contributed by atoms with E-state index in [-0.39, 0.29) is 5.54 Å². The smallest absolute Gasteiger partial charge is 0.126 e. The van der Waals surface area contributed by atoms with Crippen molar-refractivity contribution in [3.8, 4) is 0 Å². The van der Waals surface area contributed by atoms with Crippen molar-refractivity contribution in [1.29, 1.82) is 0 Å². The van der Waals surface area contributed by atoms with Crippen molar-refractivity contribution < 1.29 is 4.42 Å². The normalized spacial score (nSPS) is 12.1. The molecule has 0 saturated carbocycles. The lowest BCUT2D eigenvalue weighted by atomic mass is 10.1. The Balaban J connectivity index is 2.06. The van der Waals surface area contributed by atoms with Crippen molar-refractivity contribution in [2.24, 2.45) is 0 Å². The lowest BCUT2D eigenvalue weighted by molar-refractivity contribution is 0.372. The molecule has 2 heterocycles. The minimum Gasteiger partial charge on any atom is -0.462 e. The molecule has 0 bridgehead atoms. The van der Waals surface area contributed by atoms with Gasteiger partial charge in [0.15, 0.2) is 0 Å². The molecule has 4 nitrogen and oxygen atoms in total. The van der Waals surface area contributed by atoms with Crippen LogP contribution in [0.15, 0.2) is 22.7 Å². The molecule has 4 heteroatoms. The highest BCUT2D eigenvalue weighted by Crippen LogP contribution is 2.17. The minimum atomic E-state index is 0.0952. The van der Waals surface area contributed by atoms with E-state index in [4.69, 9.17) is 4.42 Å². The molecule has 1 N–H and O–H groups in total. The lowest BCUT2D eigenvalue weighted by Gasteiger charge is -2.19. The van der Waals surface area contributed by atoms with Gasteiger partial charge in [-0.15, -0.1) is 0 Å². The third-order valence-electron chi connectivity index (χ3n) is 3.09. The Morgan fingerprint density at radius 1 is 1.32 bits per heavy atom. The highest BCUT2D eigenvalue weighted by Gasteiger charge is 2.13. The molecule has 2 aromatic rings. The van der Waals surface area contributed by atoms with E-state index < -0.39 is 0 Å². The topological polar surface area (TPSA) is 43.0 Å². The number of nitrogens with zero attached hydrogens (tertiary/aromatic N) is 2. The SMILES string of the molecule is Cc1cc(Cn2nccc2C)oc1CNC(C)(C)C. The molecule has 0 unspecified atom stereocenters. The fourth-order valence-corrected chi connectivity index (χ4v) is 1.90. The van der Waals surface area contributed by atoms with Crippen LogP contribution >= 0.6 is 0 Å². The van der Waals surface area contributed by atoms with Crippen molar-refractivity contribution in [2.45, 2.75) is 53.2 Å². The number of nitrogens with one attached hydrogen (secondary N) is 1. The van der Waals surface area contributed by atoms with Crippen LogP contribution in [0.5, 0.6) is 0 Å². The maximum absolute atomic E-state index is 5.91. The molecule has 0 spiro atoms. The third kappa shape index (κ3) is 3.70. The van der Waals surface area contributed by atoms with E-state index in [1.54, 1.807) is 0 Å². The summed E-state index contributed by atoms with van der Waals surface area (Å²) in [5.74, 6) is 1.96. The van der Waals surface area contributed by atoms with Crippen LogP contribution in [0.2, 0.25) is 0 Å². The first-order valence-corrected chi connectivity index (χ1v) is 6.67. The van der Waals surface area contributed by atoms with Crippen molar-refractivity contribution in [3.63, 3.8) is 0 Å². The van der Waals surface area contributed by atoms with Gasteiger partial charge in [-0.25, -0.2) is 0 Å². The standard InChI is InChI=1S/C15H23N3O/c1-11-8-13(10-18-12(2)6-7-17-18)19-14(11)9-16-15(3,4)5/h6-8,16H,9-10H2,1-5H3. The van der Waals surface area contributed by atoms with E-state index in [0.29, 0.717) is 6.54 Å². The molecule has 0 radical (unpaired) electrons. The maximum Gasteiger partial charge on any atom is 0.126 e. The van der Waals surface area contributed by atoms with Crippen molar-refractivity contribution in [2.75, 3.05) is 0 Å². The summed E-state index contributed by atoms with van der Waals surface area (Å²) in [5, 5.41) is 7.72. The van der Waals surface area contributed by atoms with Gasteiger partial charge in [0.25, 0.3) is 0 Å². The van der Waals surface area contributed by atoms with Gasteiger partial charge in [-0.2, -0.15) is 5.10 Å². The highest BCUT2D eigenvalue weighted by molar-refractivity contribution is 5.20. The van der Waals surface area contributed by atoms with Gasteiger partial charge < -0.3 is 9.73 Å². The van der Waals surface area contributed by atoms with Crippen LogP contribution in [-0.2, 0) is 13.1 Å². The molecule has 0 aliphatic heterocycles. The molecule has 0 fully saturated rings. The second-order valence-electron chi connectivity index (χ2n) is 6.05. The second-order valence-corrected chi connectivity index (χ2v) is 6.05. The van der Waals surface area contributed by atoms with E-state index in [0.717, 1.165) is 23.8 Å². The number of aromatic nitrogens is 2. The van der Waals surface area contributed by atoms with Crippen molar-refractivity contribution >= 4 is 0 Å². The van der Waals surface area contributed by atoms with Gasteiger partial charge in [-0.05, 0) is 52.3 Å². The molecule has 0 saturated heterocycles. The van der Waals surface area contributed by atoms with Gasteiger partial charge in [0.2, 0.25) is 0 Å². The average Bonchev–Trinajstić information content (AvgIpc) is 2.83. The molecule has 104 valence electrons. The van der Waals surface area contributed by atoms with Crippen molar-refractivity contribution in [3.05, 3.63) is 41.1 Å². The van der Waals surface area contributed by atoms with Crippen LogP contribution in [0.3, 0.4) is 0 Å². The second kappa shape index (κ2) is 5.21. The van der Waals surface area contributed by atoms with E-state index in [1.807, 2.05) is 23.9 Å². The summed E-state index contributed by atoms with van der Waals surface area (Å²) < 4.78 is 7.86. The predicted molar refractivity (Wildman–Crippen MR) is 76.1 cm³/mol. The molecule has 2 aromatic heterocycles. The summed E-state index contributed by atoms with van der Waals surface area (Å²) in [5.41, 5.74) is 2.43. The van der Waals surface area contributed by atoms with E-state index in [1.165, 1.54) is 5.56 Å². The zero-order chi connectivity index (χ0) is 14.0. The fourth-order valence-electron chi connectivity index (χ4n) is 1.90. The summed E-state index contributed by atoms with van der Waals surface area (Å²) in [6.07, 6.45) is 1.81. The number of hydrogen-bond donors (Lipinski definition) is 1. The van der Waals surface area contributed by atoms with Crippen LogP contribution in [0.4, 0.5) is 0 Å². The van der Waals surface area contributed by atoms with E-state index in [2.05, 4.69) is 44.2 Å². The Kier molecular flexibility index (Phi) is 3.80. The molecule has 0 aliphatic carbocycles. The summed E-state index contributed by atoms with van der Waals surface area (Å²) >= 11 is 0. The largest absolute Gasteiger partial charge is 0.462 e. The molecule has 2 rings (SSSR count). The molecule has 0 aromatic carbocycles. The Morgan fingerprint density at radius 2 is 2.05 bits per heavy atom. The van der Waals surface area contributed by atoms with E-state index in [9.17, 15) is 0 Å². The Bertz CT molecular complexity index is 546. The number of aryl methyl sites for hydroxylation is 2. The summed E-state index contributed by atoms with van der Waals surface area (Å²) in [7, 11) is 0. The van der Waals surface area contributed by atoms with Gasteiger partial charge in [-0.3, -0.25) is 4.68 Å². The van der Waals surface area contributed by atoms with E-state index >= 15 is 0 Å². The van der Waals surface area contributed by atoms with Gasteiger partial charge in [-0.1, -0.05) is 0 Å². The lowest BCUT2D eigenvalue weighted by Crippen LogP contribution is -2.35. The summed E-state index contributed by atoms with van der Waals surface area (Å²) in [6.45, 7) is 12.0. The maximum atomic E-state index is 5.91. The summed E-state index contributed by atoms with van der Waals surface area (Å²) in [6, 6.07) is 4.10. The monoisotopic (exact) mass is 261 g/mol. The van der Waals surface area contributed by atoms with Gasteiger partial charge in [0.05, 0.1) is 13.1 Å². The van der Waals surface area contributed by atoms with Crippen LogP contribution in [0, 0.1) is 13.8 Å². The first-order valence-electron chi connectivity index (χ1n) is 6.67. The van der Waals surface area contributed by atoms with Crippen LogP contribution < -0.4 is 5.32 Å². The zero-order valence-electron chi connectivity index (χ0n) is 12.4. The molecule has 0 amide bonds. The van der Waals surface area contributed by atoms with Crippen LogP contribution in [0.1, 0.15) is 43.5 Å². The molecule has 19 heavy (non-hydrogen) atoms. The molecular formula is C15H23N3O. The van der Waals surface area contributed by atoms with Gasteiger partial charge in [0, 0.05) is 17.4 Å². The quantitative estimate of drug-likeness (QED) is 0.920. The highest BCUT2D eigenvalue weighted by atomic mass is 16.3. The Hall–Kier alpha value is -1.55. The third-order valence-corrected chi connectivity index (χ3v) is 3.09. The Morgan fingerprint density at radius 3 is 2.63 bits per heavy atom. The van der Waals surface area contributed by atoms with Gasteiger partial charge in [0.1, 0.15) is 11.5 Å². The number of rotatable bonds is 4. The predicted octanol–water partition coefficient (Wildman–Crippen LogP) is 3.03. The minimum absolute atomic E-state index is 0.0952. The molecule has 0 aliphatic rings. The molecular weight excluding hydrogens is 238 g/mol. The zero-order valence-corrected chi connectivity index (χ0v) is 12.4. The fraction of sp³-hybridized carbons (Fsp3) is 0.533. The van der Waals surface area contributed by atoms with Gasteiger partial charge >= 0.3 is 0 Å². The number of furan rings is 1. The summed E-state index contributed by atoms with van der Waals surface area (Å²) in [4.78, 5) is 0. The first kappa shape index (κ1) is 13.9. The average molecular weight is 261 g/mol.